The Balaban J connectivity index is 3.26. The highest BCUT2D eigenvalue weighted by atomic mass is 19.3. The van der Waals surface area contributed by atoms with E-state index >= 15 is 13.2 Å². The van der Waals surface area contributed by atoms with Gasteiger partial charge in [0.2, 0.25) is 5.67 Å². The summed E-state index contributed by atoms with van der Waals surface area (Å²) >= 11 is 0. The summed E-state index contributed by atoms with van der Waals surface area (Å²) in [5.74, 6) is -9.36. The topological polar surface area (TPSA) is 9.23 Å². The number of hydrogen-bond acceptors (Lipinski definition) is 1. The minimum absolute atomic E-state index is 0.0639. The van der Waals surface area contributed by atoms with Crippen LogP contribution in [0.4, 0.5) is 22.0 Å². The molecule has 0 saturated carbocycles. The number of alkyl halides is 5. The van der Waals surface area contributed by atoms with Crippen LogP contribution in [0, 0.1) is 0 Å². The zero-order chi connectivity index (χ0) is 20.8. The second-order valence-corrected chi connectivity index (χ2v) is 7.50. The van der Waals surface area contributed by atoms with E-state index in [1.165, 1.54) is 19.1 Å². The van der Waals surface area contributed by atoms with Crippen LogP contribution in [0.5, 0.6) is 0 Å². The van der Waals surface area contributed by atoms with Crippen LogP contribution in [0.25, 0.3) is 0 Å². The molecule has 1 atom stereocenters. The highest BCUT2D eigenvalue weighted by Gasteiger charge is 2.74. The first-order valence-electron chi connectivity index (χ1n) is 9.57. The molecule has 1 aromatic carbocycles. The molecular formula is C21H31F5O. The second kappa shape index (κ2) is 9.35. The lowest BCUT2D eigenvalue weighted by Crippen LogP contribution is -2.67. The molecule has 0 N–H and O–H groups in total. The predicted molar refractivity (Wildman–Crippen MR) is 98.3 cm³/mol. The smallest absolute Gasteiger partial charge is 0.346 e. The number of rotatable bonds is 12. The second-order valence-electron chi connectivity index (χ2n) is 7.50. The van der Waals surface area contributed by atoms with Crippen LogP contribution < -0.4 is 0 Å². The van der Waals surface area contributed by atoms with E-state index in [9.17, 15) is 8.78 Å². The van der Waals surface area contributed by atoms with Crippen LogP contribution in [0.2, 0.25) is 0 Å². The zero-order valence-electron chi connectivity index (χ0n) is 16.6. The minimum Gasteiger partial charge on any atom is -0.372 e. The van der Waals surface area contributed by atoms with Gasteiger partial charge in [-0.15, -0.1) is 0 Å². The Hall–Kier alpha value is -1.17. The largest absolute Gasteiger partial charge is 0.372 e. The van der Waals surface area contributed by atoms with Gasteiger partial charge in [-0.1, -0.05) is 56.5 Å². The van der Waals surface area contributed by atoms with Gasteiger partial charge in [-0.3, -0.25) is 0 Å². The maximum Gasteiger partial charge on any atom is 0.346 e. The Morgan fingerprint density at radius 1 is 0.852 bits per heavy atom. The van der Waals surface area contributed by atoms with Crippen LogP contribution in [0.1, 0.15) is 65.4 Å². The van der Waals surface area contributed by atoms with E-state index in [1.807, 2.05) is 6.92 Å². The number of halogens is 5. The van der Waals surface area contributed by atoms with E-state index in [2.05, 4.69) is 0 Å². The van der Waals surface area contributed by atoms with Crippen molar-refractivity contribution in [2.24, 2.45) is 0 Å². The van der Waals surface area contributed by atoms with Crippen LogP contribution in [0.3, 0.4) is 0 Å². The lowest BCUT2D eigenvalue weighted by atomic mass is 9.74. The third-order valence-corrected chi connectivity index (χ3v) is 5.05. The van der Waals surface area contributed by atoms with Crippen molar-refractivity contribution in [3.8, 4) is 0 Å². The van der Waals surface area contributed by atoms with E-state index in [0.717, 1.165) is 20.3 Å². The number of benzene rings is 1. The molecule has 0 fully saturated rings. The fraction of sp³-hybridized carbons (Fsp3) is 0.714. The molecule has 0 saturated heterocycles. The molecule has 0 amide bonds. The number of ether oxygens (including phenoxy) is 1. The van der Waals surface area contributed by atoms with E-state index in [-0.39, 0.29) is 18.6 Å². The molecule has 0 heterocycles. The van der Waals surface area contributed by atoms with E-state index in [4.69, 9.17) is 4.74 Å². The summed E-state index contributed by atoms with van der Waals surface area (Å²) in [6.07, 6.45) is -0.111. The normalized spacial score (nSPS) is 15.6. The summed E-state index contributed by atoms with van der Waals surface area (Å²) in [6, 6.07) is 7.67. The van der Waals surface area contributed by atoms with Crippen molar-refractivity contribution in [1.82, 2.24) is 0 Å². The molecule has 1 aromatic rings. The highest BCUT2D eigenvalue weighted by Crippen LogP contribution is 2.53. The van der Waals surface area contributed by atoms with Crippen molar-refractivity contribution >= 4 is 0 Å². The molecule has 0 aliphatic heterocycles. The Labute approximate surface area is 159 Å². The molecule has 1 unspecified atom stereocenters. The molecule has 0 bridgehead atoms. The lowest BCUT2D eigenvalue weighted by Gasteiger charge is -2.47. The summed E-state index contributed by atoms with van der Waals surface area (Å²) in [6.45, 7) is 5.57. The van der Waals surface area contributed by atoms with Crippen LogP contribution >= 0.6 is 0 Å². The van der Waals surface area contributed by atoms with Gasteiger partial charge in [0, 0.05) is 19.4 Å². The molecular weight excluding hydrogens is 363 g/mol. The van der Waals surface area contributed by atoms with Gasteiger partial charge in [0.05, 0.1) is 0 Å². The van der Waals surface area contributed by atoms with Crippen LogP contribution in [-0.2, 0) is 11.2 Å². The molecule has 0 aliphatic carbocycles. The molecule has 0 aromatic heterocycles. The van der Waals surface area contributed by atoms with E-state index in [1.54, 1.807) is 18.2 Å². The molecule has 0 spiro atoms. The Kier molecular flexibility index (Phi) is 8.27. The first kappa shape index (κ1) is 23.9. The van der Waals surface area contributed by atoms with Crippen molar-refractivity contribution in [3.05, 3.63) is 35.9 Å². The minimum atomic E-state index is -4.89. The SMILES string of the molecule is CCCCCCC(F)(F)C(F)(F)C(F)(Cc1ccccc1)C(C)(C)OCC. The Bertz CT molecular complexity index is 559. The lowest BCUT2D eigenvalue weighted by molar-refractivity contribution is -0.314. The van der Waals surface area contributed by atoms with Gasteiger partial charge >= 0.3 is 11.8 Å². The number of hydrogen-bond donors (Lipinski definition) is 0. The van der Waals surface area contributed by atoms with Crippen molar-refractivity contribution in [2.75, 3.05) is 6.61 Å². The summed E-state index contributed by atoms with van der Waals surface area (Å²) in [5.41, 5.74) is -5.46. The van der Waals surface area contributed by atoms with Crippen LogP contribution in [0.15, 0.2) is 30.3 Å². The van der Waals surface area contributed by atoms with E-state index in [0.29, 0.717) is 12.8 Å². The number of unbranched alkanes of at least 4 members (excludes halogenated alkanes) is 3. The predicted octanol–water partition coefficient (Wildman–Crippen LogP) is 6.99. The van der Waals surface area contributed by atoms with Crippen LogP contribution in [-0.4, -0.2) is 29.7 Å². The van der Waals surface area contributed by atoms with Gasteiger partial charge in [-0.05, 0) is 32.8 Å². The average molecular weight is 394 g/mol. The highest BCUT2D eigenvalue weighted by molar-refractivity contribution is 5.23. The molecule has 1 rings (SSSR count). The molecule has 0 radical (unpaired) electrons. The molecule has 156 valence electrons. The third-order valence-electron chi connectivity index (χ3n) is 5.05. The van der Waals surface area contributed by atoms with Gasteiger partial charge in [-0.2, -0.15) is 17.6 Å². The summed E-state index contributed by atoms with van der Waals surface area (Å²) in [5, 5.41) is 0. The van der Waals surface area contributed by atoms with Gasteiger partial charge < -0.3 is 4.74 Å². The van der Waals surface area contributed by atoms with Gasteiger partial charge in [-0.25, -0.2) is 4.39 Å². The first-order chi connectivity index (χ1) is 12.4. The molecule has 1 nitrogen and oxygen atoms in total. The average Bonchev–Trinajstić information content (AvgIpc) is 2.59. The van der Waals surface area contributed by atoms with Crippen molar-refractivity contribution < 1.29 is 26.7 Å². The van der Waals surface area contributed by atoms with Gasteiger partial charge in [0.15, 0.2) is 0 Å². The molecule has 27 heavy (non-hydrogen) atoms. The fourth-order valence-corrected chi connectivity index (χ4v) is 3.27. The standard InChI is InChI=1S/C21H31F5O/c1-5-7-8-12-15-20(23,24)21(25,26)19(22,18(3,4)27-6-2)16-17-13-10-9-11-14-17/h9-11,13-14H,5-8,12,15-16H2,1-4H3. The molecule has 6 heteroatoms. The van der Waals surface area contributed by atoms with Gasteiger partial charge in [0.1, 0.15) is 5.60 Å². The Morgan fingerprint density at radius 2 is 1.44 bits per heavy atom. The van der Waals surface area contributed by atoms with Crippen molar-refractivity contribution in [3.63, 3.8) is 0 Å². The molecule has 0 aliphatic rings. The third kappa shape index (κ3) is 5.21. The zero-order valence-corrected chi connectivity index (χ0v) is 16.6. The summed E-state index contributed by atoms with van der Waals surface area (Å²) in [4.78, 5) is 0. The summed E-state index contributed by atoms with van der Waals surface area (Å²) < 4.78 is 80.4. The maximum absolute atomic E-state index is 15.9. The van der Waals surface area contributed by atoms with Crippen molar-refractivity contribution in [1.29, 1.82) is 0 Å². The maximum atomic E-state index is 15.9. The van der Waals surface area contributed by atoms with E-state index < -0.39 is 36.0 Å². The van der Waals surface area contributed by atoms with Crippen molar-refractivity contribution in [2.45, 2.75) is 89.3 Å². The quantitative estimate of drug-likeness (QED) is 0.274. The first-order valence-corrected chi connectivity index (χ1v) is 9.57. The fourth-order valence-electron chi connectivity index (χ4n) is 3.27. The summed E-state index contributed by atoms with van der Waals surface area (Å²) in [7, 11) is 0. The Morgan fingerprint density at radius 3 is 1.96 bits per heavy atom. The monoisotopic (exact) mass is 394 g/mol. The van der Waals surface area contributed by atoms with Gasteiger partial charge in [0.25, 0.3) is 0 Å².